The van der Waals surface area contributed by atoms with Crippen LogP contribution in [0.5, 0.6) is 17.2 Å². The predicted octanol–water partition coefficient (Wildman–Crippen LogP) is 6.70. The van der Waals surface area contributed by atoms with Crippen molar-refractivity contribution in [3.63, 3.8) is 0 Å². The maximum absolute atomic E-state index is 14.3. The van der Waals surface area contributed by atoms with Crippen molar-refractivity contribution in [1.82, 2.24) is 4.57 Å². The summed E-state index contributed by atoms with van der Waals surface area (Å²) in [5, 5.41) is 2.28. The number of allylic oxidation sites excluding steroid dienone is 1. The van der Waals surface area contributed by atoms with Crippen molar-refractivity contribution in [3.8, 4) is 17.2 Å². The minimum Gasteiger partial charge on any atom is -0.493 e. The number of halogens is 1. The highest BCUT2D eigenvalue weighted by Crippen LogP contribution is 2.41. The predicted molar refractivity (Wildman–Crippen MR) is 187 cm³/mol. The number of aromatic nitrogens is 1. The normalized spacial score (nSPS) is 14.5. The third kappa shape index (κ3) is 6.35. The van der Waals surface area contributed by atoms with Gasteiger partial charge in [-0.3, -0.25) is 9.36 Å². The molecule has 0 saturated heterocycles. The van der Waals surface area contributed by atoms with Gasteiger partial charge in [0.2, 0.25) is 0 Å². The molecule has 0 spiro atoms. The van der Waals surface area contributed by atoms with E-state index in [2.05, 4.69) is 40.2 Å². The van der Waals surface area contributed by atoms with Crippen LogP contribution < -0.4 is 29.1 Å². The van der Waals surface area contributed by atoms with E-state index in [-0.39, 0.29) is 17.7 Å². The molecule has 0 fully saturated rings. The van der Waals surface area contributed by atoms with Gasteiger partial charge in [-0.25, -0.2) is 9.79 Å². The molecule has 8 nitrogen and oxygen atoms in total. The first-order chi connectivity index (χ1) is 22.8. The minimum atomic E-state index is -0.829. The molecule has 240 valence electrons. The zero-order valence-corrected chi connectivity index (χ0v) is 28.8. The number of para-hydroxylation sites is 1. The average Bonchev–Trinajstić information content (AvgIpc) is 3.37. The Morgan fingerprint density at radius 1 is 0.957 bits per heavy atom. The molecule has 0 amide bonds. The fraction of sp³-hybridized carbons (Fsp3) is 0.216. The number of carbonyl (C=O) groups is 1. The van der Waals surface area contributed by atoms with Crippen LogP contribution in [0.1, 0.15) is 43.5 Å². The topological polar surface area (TPSA) is 88.4 Å². The zero-order chi connectivity index (χ0) is 33.1. The summed E-state index contributed by atoms with van der Waals surface area (Å²) in [7, 11) is 1.55. The van der Waals surface area contributed by atoms with E-state index in [4.69, 9.17) is 23.9 Å². The van der Waals surface area contributed by atoms with Crippen LogP contribution in [0, 0.1) is 0 Å². The van der Waals surface area contributed by atoms with E-state index >= 15 is 0 Å². The number of nitrogens with zero attached hydrogens (tertiary/aromatic N) is 2. The summed E-state index contributed by atoms with van der Waals surface area (Å²) in [5.41, 5.74) is 2.90. The molecule has 5 aromatic rings. The van der Waals surface area contributed by atoms with Gasteiger partial charge < -0.3 is 18.9 Å². The second-order valence-corrected chi connectivity index (χ2v) is 12.6. The monoisotopic (exact) mass is 712 g/mol. The highest BCUT2D eigenvalue weighted by Gasteiger charge is 2.35. The Bertz CT molecular complexity index is 2200. The fourth-order valence-corrected chi connectivity index (χ4v) is 7.30. The van der Waals surface area contributed by atoms with Crippen LogP contribution in [0.2, 0.25) is 0 Å². The van der Waals surface area contributed by atoms with Crippen molar-refractivity contribution < 1.29 is 23.7 Å². The van der Waals surface area contributed by atoms with Crippen molar-refractivity contribution in [2.75, 3.05) is 20.3 Å². The van der Waals surface area contributed by atoms with E-state index in [9.17, 15) is 9.59 Å². The molecule has 0 unspecified atom stereocenters. The lowest BCUT2D eigenvalue weighted by atomic mass is 9.95. The lowest BCUT2D eigenvalue weighted by Crippen LogP contribution is -2.40. The van der Waals surface area contributed by atoms with Gasteiger partial charge in [-0.2, -0.15) is 0 Å². The Labute approximate surface area is 284 Å². The Balaban J connectivity index is 1.46. The fourth-order valence-electron chi connectivity index (χ4n) is 5.72. The molecule has 47 heavy (non-hydrogen) atoms. The molecule has 1 aliphatic rings. The van der Waals surface area contributed by atoms with Crippen LogP contribution in [0.4, 0.5) is 0 Å². The maximum atomic E-state index is 14.3. The van der Waals surface area contributed by atoms with Gasteiger partial charge in [0, 0.05) is 10.0 Å². The Hall–Kier alpha value is -4.67. The molecule has 0 saturated carbocycles. The van der Waals surface area contributed by atoms with Gasteiger partial charge in [0.25, 0.3) is 5.56 Å². The largest absolute Gasteiger partial charge is 0.493 e. The third-order valence-electron chi connectivity index (χ3n) is 7.86. The minimum absolute atomic E-state index is 0.177. The number of ether oxygens (including phenoxy) is 4. The van der Waals surface area contributed by atoms with Crippen LogP contribution in [0.3, 0.4) is 0 Å². The van der Waals surface area contributed by atoms with Crippen molar-refractivity contribution in [2.24, 2.45) is 4.99 Å². The summed E-state index contributed by atoms with van der Waals surface area (Å²) < 4.78 is 25.9. The zero-order valence-electron chi connectivity index (χ0n) is 26.4. The molecule has 4 aromatic carbocycles. The number of methoxy groups -OCH3 is 1. The molecule has 6 rings (SSSR count). The van der Waals surface area contributed by atoms with E-state index in [0.29, 0.717) is 55.5 Å². The van der Waals surface area contributed by atoms with Crippen LogP contribution >= 0.6 is 27.3 Å². The van der Waals surface area contributed by atoms with Crippen LogP contribution in [0.25, 0.3) is 16.8 Å². The Morgan fingerprint density at radius 3 is 2.51 bits per heavy atom. The standard InChI is InChI=1S/C37H33BrN2O6S/c1-5-44-31-20-28(38)27(19-30(31)43-4)34-33(36(42)45-6-2)22(3)39-37-40(34)35(41)32(47-37)18-24-13-8-10-17-29(24)46-21-25-15-11-14-23-12-7-9-16-26(23)25/h7-20,34H,5-6,21H2,1-4H3/b32-18+/t34-/m1/s1. The molecule has 1 aliphatic heterocycles. The number of carbonyl (C=O) groups excluding carboxylic acids is 1. The molecular weight excluding hydrogens is 680 g/mol. The number of rotatable bonds is 10. The summed E-state index contributed by atoms with van der Waals surface area (Å²) in [4.78, 5) is 32.9. The summed E-state index contributed by atoms with van der Waals surface area (Å²) in [6.45, 7) is 6.37. The first kappa shape index (κ1) is 32.3. The van der Waals surface area contributed by atoms with Crippen LogP contribution in [-0.2, 0) is 16.1 Å². The Kier molecular flexibility index (Phi) is 9.60. The van der Waals surface area contributed by atoms with Crippen molar-refractivity contribution in [1.29, 1.82) is 0 Å². The second-order valence-electron chi connectivity index (χ2n) is 10.7. The maximum Gasteiger partial charge on any atom is 0.338 e. The van der Waals surface area contributed by atoms with Crippen molar-refractivity contribution in [2.45, 2.75) is 33.4 Å². The van der Waals surface area contributed by atoms with E-state index in [1.807, 2.05) is 55.5 Å². The SMILES string of the molecule is CCOC(=O)C1=C(C)N=c2s/c(=C/c3ccccc3OCc3cccc4ccccc34)c(=O)n2[C@@H]1c1cc(OC)c(OCC)cc1Br. The summed E-state index contributed by atoms with van der Waals surface area (Å²) in [6, 6.07) is 24.7. The van der Waals surface area contributed by atoms with Gasteiger partial charge in [0.15, 0.2) is 16.3 Å². The molecule has 1 atom stereocenters. The molecule has 0 aliphatic carbocycles. The first-order valence-corrected chi connectivity index (χ1v) is 16.8. The lowest BCUT2D eigenvalue weighted by molar-refractivity contribution is -0.139. The highest BCUT2D eigenvalue weighted by molar-refractivity contribution is 9.10. The van der Waals surface area contributed by atoms with Gasteiger partial charge >= 0.3 is 5.97 Å². The number of hydrogen-bond acceptors (Lipinski definition) is 8. The van der Waals surface area contributed by atoms with Gasteiger partial charge in [0.05, 0.1) is 42.2 Å². The number of thiazole rings is 1. The quantitative estimate of drug-likeness (QED) is 0.150. The molecular formula is C37H33BrN2O6S. The van der Waals surface area contributed by atoms with Gasteiger partial charge in [-0.1, -0.05) is 87.9 Å². The second kappa shape index (κ2) is 14.0. The van der Waals surface area contributed by atoms with Crippen molar-refractivity contribution in [3.05, 3.63) is 131 Å². The van der Waals surface area contributed by atoms with Crippen LogP contribution in [0.15, 0.2) is 104 Å². The summed E-state index contributed by atoms with van der Waals surface area (Å²) >= 11 is 4.93. The van der Waals surface area contributed by atoms with E-state index in [1.165, 1.54) is 11.3 Å². The number of benzene rings is 4. The van der Waals surface area contributed by atoms with Gasteiger partial charge in [-0.15, -0.1) is 0 Å². The summed E-state index contributed by atoms with van der Waals surface area (Å²) in [5.74, 6) is 1.11. The molecule has 10 heteroatoms. The highest BCUT2D eigenvalue weighted by atomic mass is 79.9. The third-order valence-corrected chi connectivity index (χ3v) is 9.53. The molecule has 0 N–H and O–H groups in total. The van der Waals surface area contributed by atoms with E-state index in [0.717, 1.165) is 21.9 Å². The average molecular weight is 714 g/mol. The molecule has 2 heterocycles. The lowest BCUT2D eigenvalue weighted by Gasteiger charge is -2.26. The molecule has 0 bridgehead atoms. The van der Waals surface area contributed by atoms with Gasteiger partial charge in [0.1, 0.15) is 12.4 Å². The van der Waals surface area contributed by atoms with Crippen molar-refractivity contribution >= 4 is 50.1 Å². The molecule has 0 radical (unpaired) electrons. The molecule has 1 aromatic heterocycles. The number of hydrogen-bond donors (Lipinski definition) is 0. The van der Waals surface area contributed by atoms with E-state index < -0.39 is 12.0 Å². The van der Waals surface area contributed by atoms with Gasteiger partial charge in [-0.05, 0) is 66.9 Å². The summed E-state index contributed by atoms with van der Waals surface area (Å²) in [6.07, 6.45) is 1.82. The smallest absolute Gasteiger partial charge is 0.338 e. The van der Waals surface area contributed by atoms with E-state index in [1.54, 1.807) is 37.7 Å². The Morgan fingerprint density at radius 2 is 1.72 bits per heavy atom. The number of esters is 1. The first-order valence-electron chi connectivity index (χ1n) is 15.2. The number of fused-ring (bicyclic) bond motifs is 2. The van der Waals surface area contributed by atoms with Crippen LogP contribution in [-0.4, -0.2) is 30.9 Å².